The van der Waals surface area contributed by atoms with Gasteiger partial charge in [0.1, 0.15) is 0 Å². The minimum absolute atomic E-state index is 0.972. The highest BCUT2D eigenvalue weighted by Gasteiger charge is 2.19. The van der Waals surface area contributed by atoms with Crippen LogP contribution in [0.3, 0.4) is 0 Å². The second kappa shape index (κ2) is 21.7. The maximum Gasteiger partial charge on any atom is 0.0786 e. The fraction of sp³-hybridized carbons (Fsp3) is 0.958. The number of quaternary nitrogens is 1. The third-order valence-electron chi connectivity index (χ3n) is 6.00. The normalized spacial score (nSPS) is 11.1. The second-order valence-electron chi connectivity index (χ2n) is 8.10. The average Bonchev–Trinajstić information content (AvgIpc) is 2.65. The molecule has 0 N–H and O–H groups in total. The summed E-state index contributed by atoms with van der Waals surface area (Å²) in [7, 11) is 0. The Labute approximate surface area is 171 Å². The van der Waals surface area contributed by atoms with Gasteiger partial charge in [-0.25, -0.2) is 0 Å². The summed E-state index contributed by atoms with van der Waals surface area (Å²) in [5.74, 6) is -1.08. The molecule has 0 aliphatic carbocycles. The zero-order valence-electron chi connectivity index (χ0n) is 19.5. The van der Waals surface area contributed by atoms with Crippen molar-refractivity contribution < 1.29 is 14.4 Å². The van der Waals surface area contributed by atoms with Gasteiger partial charge in [0.05, 0.1) is 26.2 Å². The number of rotatable bonds is 18. The first-order chi connectivity index (χ1) is 13.0. The Morgan fingerprint density at radius 2 is 0.852 bits per heavy atom. The summed E-state index contributed by atoms with van der Waals surface area (Å²) in [5, 5.41) is 8.89. The van der Waals surface area contributed by atoms with E-state index in [1.54, 1.807) is 0 Å². The third kappa shape index (κ3) is 21.6. The molecule has 0 aliphatic rings. The molecule has 0 aromatic rings. The monoisotopic (exact) mass is 385 g/mol. The van der Waals surface area contributed by atoms with Gasteiger partial charge in [-0.3, -0.25) is 0 Å². The summed E-state index contributed by atoms with van der Waals surface area (Å²) in [4.78, 5) is 8.89. The molecule has 0 rings (SSSR count). The number of unbranched alkanes of at least 4 members (excludes halogenated alkanes) is 13. The summed E-state index contributed by atoms with van der Waals surface area (Å²) in [6.07, 6.45) is 20.5. The summed E-state index contributed by atoms with van der Waals surface area (Å²) < 4.78 is 1.33. The fourth-order valence-electron chi connectivity index (χ4n) is 3.79. The lowest BCUT2D eigenvalue weighted by atomic mass is 10.0. The van der Waals surface area contributed by atoms with Crippen LogP contribution >= 0.6 is 0 Å². The topological polar surface area (TPSA) is 40.1 Å². The summed E-state index contributed by atoms with van der Waals surface area (Å²) in [6, 6.07) is 0. The van der Waals surface area contributed by atoms with Crippen molar-refractivity contribution in [3.05, 3.63) is 0 Å². The van der Waals surface area contributed by atoms with E-state index in [2.05, 4.69) is 27.7 Å². The van der Waals surface area contributed by atoms with Crippen LogP contribution in [0.1, 0.15) is 125 Å². The van der Waals surface area contributed by atoms with Crippen LogP contribution < -0.4 is 5.11 Å². The molecule has 164 valence electrons. The molecule has 0 heterocycles. The van der Waals surface area contributed by atoms with E-state index >= 15 is 0 Å². The molecular formula is C24H51NO2. The van der Waals surface area contributed by atoms with Crippen molar-refractivity contribution in [2.24, 2.45) is 0 Å². The zero-order valence-corrected chi connectivity index (χ0v) is 19.5. The number of carboxylic acid groups (broad SMARTS) is 1. The SMILES string of the molecule is CC(=O)[O-].CCCCCCCCCCCCCCCC[N+](CC)(CC)CC. The quantitative estimate of drug-likeness (QED) is 0.211. The summed E-state index contributed by atoms with van der Waals surface area (Å²) in [5.41, 5.74) is 0. The van der Waals surface area contributed by atoms with Crippen molar-refractivity contribution in [3.8, 4) is 0 Å². The van der Waals surface area contributed by atoms with Crippen LogP contribution in [0.5, 0.6) is 0 Å². The van der Waals surface area contributed by atoms with Crippen LogP contribution in [0, 0.1) is 0 Å². The Balaban J connectivity index is 0. The summed E-state index contributed by atoms with van der Waals surface area (Å²) in [6.45, 7) is 15.7. The molecule has 0 amide bonds. The largest absolute Gasteiger partial charge is 0.550 e. The molecule has 0 atom stereocenters. The van der Waals surface area contributed by atoms with Crippen LogP contribution in [-0.2, 0) is 4.79 Å². The number of aliphatic carboxylic acids is 1. The average molecular weight is 386 g/mol. The molecule has 0 aromatic heterocycles. The number of carboxylic acids is 1. The van der Waals surface area contributed by atoms with E-state index in [0.29, 0.717) is 0 Å². The van der Waals surface area contributed by atoms with Gasteiger partial charge in [0.25, 0.3) is 0 Å². The van der Waals surface area contributed by atoms with Crippen LogP contribution in [0.4, 0.5) is 0 Å². The number of hydrogen-bond donors (Lipinski definition) is 0. The predicted molar refractivity (Wildman–Crippen MR) is 118 cm³/mol. The number of nitrogens with zero attached hydrogens (tertiary/aromatic N) is 1. The maximum atomic E-state index is 8.89. The van der Waals surface area contributed by atoms with Crippen molar-refractivity contribution >= 4 is 5.97 Å². The molecule has 0 bridgehead atoms. The molecule has 0 fully saturated rings. The van der Waals surface area contributed by atoms with E-state index in [1.807, 2.05) is 0 Å². The summed E-state index contributed by atoms with van der Waals surface area (Å²) >= 11 is 0. The standard InChI is InChI=1S/C22H48N.C2H4O2/c1-5-9-10-11-12-13-14-15-16-17-18-19-20-21-22-23(6-2,7-3)8-4;1-2(3)4/h5-22H2,1-4H3;1H3,(H,3,4)/q+1;/p-1. The Hall–Kier alpha value is -0.570. The third-order valence-corrected chi connectivity index (χ3v) is 6.00. The number of hydrogen-bond acceptors (Lipinski definition) is 2. The zero-order chi connectivity index (χ0) is 20.8. The molecule has 0 unspecified atom stereocenters. The van der Waals surface area contributed by atoms with Gasteiger partial charge >= 0.3 is 0 Å². The van der Waals surface area contributed by atoms with Crippen molar-refractivity contribution in [2.75, 3.05) is 26.2 Å². The predicted octanol–water partition coefficient (Wildman–Crippen LogP) is 6.10. The van der Waals surface area contributed by atoms with Gasteiger partial charge < -0.3 is 14.4 Å². The van der Waals surface area contributed by atoms with Gasteiger partial charge in [-0.05, 0) is 40.5 Å². The van der Waals surface area contributed by atoms with Gasteiger partial charge in [0.15, 0.2) is 0 Å². The Morgan fingerprint density at radius 3 is 1.11 bits per heavy atom. The molecule has 0 spiro atoms. The highest BCUT2D eigenvalue weighted by atomic mass is 16.4. The van der Waals surface area contributed by atoms with Gasteiger partial charge in [-0.1, -0.05) is 84.0 Å². The molecule has 27 heavy (non-hydrogen) atoms. The van der Waals surface area contributed by atoms with Crippen LogP contribution in [-0.4, -0.2) is 36.6 Å². The van der Waals surface area contributed by atoms with E-state index in [9.17, 15) is 0 Å². The second-order valence-corrected chi connectivity index (χ2v) is 8.10. The van der Waals surface area contributed by atoms with Gasteiger partial charge in [-0.15, -0.1) is 0 Å². The van der Waals surface area contributed by atoms with Crippen molar-refractivity contribution in [3.63, 3.8) is 0 Å². The molecule has 0 saturated carbocycles. The van der Waals surface area contributed by atoms with Crippen LogP contribution in [0.15, 0.2) is 0 Å². The van der Waals surface area contributed by atoms with Crippen molar-refractivity contribution in [1.82, 2.24) is 0 Å². The molecular weight excluding hydrogens is 334 g/mol. The van der Waals surface area contributed by atoms with E-state index in [0.717, 1.165) is 6.92 Å². The first kappa shape index (κ1) is 28.6. The molecule has 0 aromatic carbocycles. The van der Waals surface area contributed by atoms with Crippen LogP contribution in [0.25, 0.3) is 0 Å². The minimum atomic E-state index is -1.08. The minimum Gasteiger partial charge on any atom is -0.550 e. The van der Waals surface area contributed by atoms with Gasteiger partial charge in [0.2, 0.25) is 0 Å². The van der Waals surface area contributed by atoms with E-state index in [1.165, 1.54) is 121 Å². The number of carbonyl (C=O) groups is 1. The van der Waals surface area contributed by atoms with Crippen molar-refractivity contribution in [2.45, 2.75) is 125 Å². The molecule has 3 nitrogen and oxygen atoms in total. The first-order valence-electron chi connectivity index (χ1n) is 12.0. The smallest absolute Gasteiger partial charge is 0.0786 e. The first-order valence-corrected chi connectivity index (χ1v) is 12.0. The maximum absolute atomic E-state index is 8.89. The van der Waals surface area contributed by atoms with E-state index < -0.39 is 5.97 Å². The lowest BCUT2D eigenvalue weighted by Gasteiger charge is -2.35. The highest BCUT2D eigenvalue weighted by molar-refractivity contribution is 5.60. The molecule has 0 radical (unpaired) electrons. The lowest BCUT2D eigenvalue weighted by molar-refractivity contribution is -0.923. The number of carbonyl (C=O) groups excluding carboxylic acids is 1. The molecule has 0 aliphatic heterocycles. The molecule has 0 saturated heterocycles. The Morgan fingerprint density at radius 1 is 0.593 bits per heavy atom. The van der Waals surface area contributed by atoms with Crippen molar-refractivity contribution in [1.29, 1.82) is 0 Å². The van der Waals surface area contributed by atoms with E-state index in [4.69, 9.17) is 9.90 Å². The highest BCUT2D eigenvalue weighted by Crippen LogP contribution is 2.14. The van der Waals surface area contributed by atoms with E-state index in [-0.39, 0.29) is 0 Å². The van der Waals surface area contributed by atoms with Gasteiger partial charge in [-0.2, -0.15) is 0 Å². The van der Waals surface area contributed by atoms with Crippen LogP contribution in [0.2, 0.25) is 0 Å². The fourth-order valence-corrected chi connectivity index (χ4v) is 3.79. The van der Waals surface area contributed by atoms with Gasteiger partial charge in [0, 0.05) is 5.97 Å². The Kier molecular flexibility index (Phi) is 23.0. The Bertz CT molecular complexity index is 288. The lowest BCUT2D eigenvalue weighted by Crippen LogP contribution is -2.48. The molecule has 3 heteroatoms.